The van der Waals surface area contributed by atoms with Crippen molar-refractivity contribution in [3.63, 3.8) is 0 Å². The van der Waals surface area contributed by atoms with E-state index in [9.17, 15) is 32.3 Å². The van der Waals surface area contributed by atoms with Crippen LogP contribution in [-0.2, 0) is 16.4 Å². The van der Waals surface area contributed by atoms with Crippen LogP contribution in [0.3, 0.4) is 0 Å². The Hall–Kier alpha value is -2.16. The molecule has 3 aliphatic rings. The molecule has 0 bridgehead atoms. The molecule has 2 aliphatic carbocycles. The van der Waals surface area contributed by atoms with Crippen LogP contribution in [0.1, 0.15) is 47.7 Å². The average molecular weight is 400 g/mol. The molecule has 0 unspecified atom stereocenters. The molecule has 2 saturated carbocycles. The summed E-state index contributed by atoms with van der Waals surface area (Å²) in [5, 5.41) is 12.4. The molecule has 0 saturated heterocycles. The first-order chi connectivity index (χ1) is 12.9. The SMILES string of the molecule is C[C@]1(O)C[C@H](NC(=O)CN2C[C@]3(C[C@H]3F)c3cc(C(F)(F)F)ccc3C2=O)C1. The first-order valence-electron chi connectivity index (χ1n) is 9.08. The van der Waals surface area contributed by atoms with Gasteiger partial charge in [0.25, 0.3) is 5.91 Å². The fourth-order valence-electron chi connectivity index (χ4n) is 4.37. The Morgan fingerprint density at radius 3 is 2.50 bits per heavy atom. The van der Waals surface area contributed by atoms with Crippen molar-refractivity contribution in [1.82, 2.24) is 10.2 Å². The van der Waals surface area contributed by atoms with Crippen LogP contribution in [0, 0.1) is 0 Å². The minimum absolute atomic E-state index is 0.0128. The first kappa shape index (κ1) is 19.2. The van der Waals surface area contributed by atoms with E-state index in [1.165, 1.54) is 4.90 Å². The molecule has 152 valence electrons. The number of aliphatic hydroxyl groups is 1. The summed E-state index contributed by atoms with van der Waals surface area (Å²) in [6, 6.07) is 2.55. The van der Waals surface area contributed by atoms with Crippen molar-refractivity contribution < 1.29 is 32.3 Å². The summed E-state index contributed by atoms with van der Waals surface area (Å²) < 4.78 is 53.3. The van der Waals surface area contributed by atoms with Crippen LogP contribution in [0.15, 0.2) is 18.2 Å². The van der Waals surface area contributed by atoms with Crippen molar-refractivity contribution in [3.05, 3.63) is 34.9 Å². The van der Waals surface area contributed by atoms with E-state index < -0.39 is 40.7 Å². The highest BCUT2D eigenvalue weighted by Crippen LogP contribution is 2.55. The van der Waals surface area contributed by atoms with Gasteiger partial charge in [-0.3, -0.25) is 9.59 Å². The van der Waals surface area contributed by atoms with E-state index in [4.69, 9.17) is 0 Å². The Balaban J connectivity index is 1.53. The largest absolute Gasteiger partial charge is 0.416 e. The highest BCUT2D eigenvalue weighted by molar-refractivity contribution is 6.00. The van der Waals surface area contributed by atoms with E-state index in [0.717, 1.165) is 18.2 Å². The lowest BCUT2D eigenvalue weighted by Gasteiger charge is -2.41. The second-order valence-electron chi connectivity index (χ2n) is 8.42. The number of rotatable bonds is 3. The van der Waals surface area contributed by atoms with Gasteiger partial charge in [0.2, 0.25) is 5.91 Å². The number of alkyl halides is 4. The predicted molar refractivity (Wildman–Crippen MR) is 90.3 cm³/mol. The van der Waals surface area contributed by atoms with Crippen LogP contribution in [0.2, 0.25) is 0 Å². The molecule has 5 nitrogen and oxygen atoms in total. The molecule has 0 aromatic heterocycles. The van der Waals surface area contributed by atoms with Crippen molar-refractivity contribution in [3.8, 4) is 0 Å². The maximum Gasteiger partial charge on any atom is 0.416 e. The Morgan fingerprint density at radius 2 is 1.96 bits per heavy atom. The number of benzene rings is 1. The summed E-state index contributed by atoms with van der Waals surface area (Å²) in [4.78, 5) is 26.2. The molecule has 2 atom stereocenters. The maximum atomic E-state index is 14.2. The standard InChI is InChI=1S/C19H20F4N2O3/c1-17(28)5-11(6-17)24-15(26)8-25-9-18(7-14(18)20)13-4-10(19(21,22)23)2-3-12(13)16(25)27/h2-4,11,14,28H,5-9H2,1H3,(H,24,26)/t11-,14-,17-,18-/m1/s1. The zero-order valence-electron chi connectivity index (χ0n) is 15.1. The van der Waals surface area contributed by atoms with Crippen LogP contribution in [-0.4, -0.2) is 52.7 Å². The van der Waals surface area contributed by atoms with Crippen molar-refractivity contribution >= 4 is 11.8 Å². The van der Waals surface area contributed by atoms with Gasteiger partial charge in [0.15, 0.2) is 0 Å². The fraction of sp³-hybridized carbons (Fsp3) is 0.579. The molecule has 1 aromatic carbocycles. The molecule has 1 heterocycles. The zero-order valence-corrected chi connectivity index (χ0v) is 15.1. The number of hydrogen-bond acceptors (Lipinski definition) is 3. The highest BCUT2D eigenvalue weighted by Gasteiger charge is 2.61. The van der Waals surface area contributed by atoms with E-state index >= 15 is 0 Å². The number of carbonyl (C=O) groups is 2. The lowest BCUT2D eigenvalue weighted by molar-refractivity contribution is -0.137. The highest BCUT2D eigenvalue weighted by atomic mass is 19.4. The molecular weight excluding hydrogens is 380 g/mol. The lowest BCUT2D eigenvalue weighted by atomic mass is 9.77. The lowest BCUT2D eigenvalue weighted by Crippen LogP contribution is -2.56. The van der Waals surface area contributed by atoms with E-state index in [2.05, 4.69) is 5.32 Å². The van der Waals surface area contributed by atoms with Gasteiger partial charge >= 0.3 is 6.18 Å². The molecule has 2 N–H and O–H groups in total. The maximum absolute atomic E-state index is 14.2. The van der Waals surface area contributed by atoms with Crippen LogP contribution >= 0.6 is 0 Å². The Labute approximate surface area is 158 Å². The fourth-order valence-corrected chi connectivity index (χ4v) is 4.37. The van der Waals surface area contributed by atoms with E-state index in [-0.39, 0.29) is 36.7 Å². The van der Waals surface area contributed by atoms with Gasteiger partial charge in [0.1, 0.15) is 6.17 Å². The topological polar surface area (TPSA) is 69.6 Å². The van der Waals surface area contributed by atoms with Crippen LogP contribution < -0.4 is 5.32 Å². The molecule has 9 heteroatoms. The van der Waals surface area contributed by atoms with Gasteiger partial charge in [-0.1, -0.05) is 0 Å². The third-order valence-electron chi connectivity index (χ3n) is 5.93. The van der Waals surface area contributed by atoms with Gasteiger partial charge in [-0.05, 0) is 49.9 Å². The third kappa shape index (κ3) is 3.15. The number of fused-ring (bicyclic) bond motifs is 2. The number of nitrogens with zero attached hydrogens (tertiary/aromatic N) is 1. The molecule has 28 heavy (non-hydrogen) atoms. The summed E-state index contributed by atoms with van der Waals surface area (Å²) in [7, 11) is 0. The minimum Gasteiger partial charge on any atom is -0.390 e. The van der Waals surface area contributed by atoms with Crippen molar-refractivity contribution in [2.24, 2.45) is 0 Å². The Bertz CT molecular complexity index is 846. The van der Waals surface area contributed by atoms with Gasteiger partial charge in [-0.2, -0.15) is 13.2 Å². The second kappa shape index (κ2) is 5.92. The predicted octanol–water partition coefficient (Wildman–Crippen LogP) is 2.17. The third-order valence-corrected chi connectivity index (χ3v) is 5.93. The van der Waals surface area contributed by atoms with Gasteiger partial charge < -0.3 is 15.3 Å². The molecule has 0 radical (unpaired) electrons. The molecule has 4 rings (SSSR count). The van der Waals surface area contributed by atoms with E-state index in [0.29, 0.717) is 12.8 Å². The molecule has 2 fully saturated rings. The monoisotopic (exact) mass is 400 g/mol. The molecule has 1 aromatic rings. The minimum atomic E-state index is -4.58. The number of hydrogen-bond donors (Lipinski definition) is 2. The van der Waals surface area contributed by atoms with E-state index in [1.807, 2.05) is 0 Å². The Morgan fingerprint density at radius 1 is 1.32 bits per heavy atom. The van der Waals surface area contributed by atoms with Crippen molar-refractivity contribution in [2.75, 3.05) is 13.1 Å². The van der Waals surface area contributed by atoms with E-state index in [1.54, 1.807) is 6.92 Å². The zero-order chi connectivity index (χ0) is 20.5. The van der Waals surface area contributed by atoms with Crippen LogP contribution in [0.4, 0.5) is 17.6 Å². The molecule has 2 amide bonds. The molecule has 1 spiro atoms. The number of nitrogens with one attached hydrogen (secondary N) is 1. The molecule has 1 aliphatic heterocycles. The second-order valence-corrected chi connectivity index (χ2v) is 8.42. The van der Waals surface area contributed by atoms with Crippen molar-refractivity contribution in [1.29, 1.82) is 0 Å². The van der Waals surface area contributed by atoms with Gasteiger partial charge in [0.05, 0.1) is 17.7 Å². The summed E-state index contributed by atoms with van der Waals surface area (Å²) in [6.07, 6.45) is -5.09. The number of amides is 2. The summed E-state index contributed by atoms with van der Waals surface area (Å²) in [6.45, 7) is 1.23. The number of carbonyl (C=O) groups excluding carboxylic acids is 2. The Kier molecular flexibility index (Phi) is 4.05. The normalized spacial score (nSPS) is 34.1. The number of halogens is 4. The van der Waals surface area contributed by atoms with Gasteiger partial charge in [-0.25, -0.2) is 4.39 Å². The van der Waals surface area contributed by atoms with Crippen LogP contribution in [0.5, 0.6) is 0 Å². The summed E-state index contributed by atoms with van der Waals surface area (Å²) in [5.41, 5.74) is -2.82. The van der Waals surface area contributed by atoms with Gasteiger partial charge in [-0.15, -0.1) is 0 Å². The first-order valence-corrected chi connectivity index (χ1v) is 9.08. The summed E-state index contributed by atoms with van der Waals surface area (Å²) >= 11 is 0. The van der Waals surface area contributed by atoms with Crippen molar-refractivity contribution in [2.45, 2.75) is 55.6 Å². The smallest absolute Gasteiger partial charge is 0.390 e. The summed E-state index contributed by atoms with van der Waals surface area (Å²) in [5.74, 6) is -1.01. The van der Waals surface area contributed by atoms with Crippen LogP contribution in [0.25, 0.3) is 0 Å². The van der Waals surface area contributed by atoms with Gasteiger partial charge in [0, 0.05) is 23.6 Å². The quantitative estimate of drug-likeness (QED) is 0.765. The average Bonchev–Trinajstić information content (AvgIpc) is 3.19. The molecular formula is C19H20F4N2O3.